The standard InChI is InChI=1S/C13H14N4O/c1-8(2)11-15-16-12-9-5-3-4-6-10(9)13(18)14-7-17(11)12/h3-6,8H,7H2,1-2H3,(H,14,18). The van der Waals surface area contributed by atoms with Crippen LogP contribution in [-0.4, -0.2) is 20.7 Å². The van der Waals surface area contributed by atoms with E-state index >= 15 is 0 Å². The molecule has 2 aromatic rings. The molecule has 0 spiro atoms. The largest absolute Gasteiger partial charge is 0.334 e. The van der Waals surface area contributed by atoms with Gasteiger partial charge in [-0.1, -0.05) is 32.0 Å². The SMILES string of the molecule is CC(C)c1nnc2n1CNC(=O)c1ccccc1-2. The first-order valence-electron chi connectivity index (χ1n) is 5.99. The Bertz CT molecular complexity index is 615. The highest BCUT2D eigenvalue weighted by atomic mass is 16.1. The van der Waals surface area contributed by atoms with Crippen molar-refractivity contribution in [3.63, 3.8) is 0 Å². The Morgan fingerprint density at radius 1 is 1.22 bits per heavy atom. The minimum absolute atomic E-state index is 0.0641. The highest BCUT2D eigenvalue weighted by Crippen LogP contribution is 2.26. The van der Waals surface area contributed by atoms with Gasteiger partial charge in [-0.25, -0.2) is 0 Å². The van der Waals surface area contributed by atoms with Crippen molar-refractivity contribution >= 4 is 5.91 Å². The molecule has 0 aliphatic carbocycles. The molecule has 2 heterocycles. The topological polar surface area (TPSA) is 59.8 Å². The number of fused-ring (bicyclic) bond motifs is 3. The molecular formula is C13H14N4O. The molecule has 3 rings (SSSR count). The summed E-state index contributed by atoms with van der Waals surface area (Å²) in [6.45, 7) is 4.55. The van der Waals surface area contributed by atoms with Crippen LogP contribution in [-0.2, 0) is 6.67 Å². The zero-order valence-corrected chi connectivity index (χ0v) is 10.3. The van der Waals surface area contributed by atoms with Gasteiger partial charge in [0.15, 0.2) is 5.82 Å². The van der Waals surface area contributed by atoms with E-state index in [1.165, 1.54) is 0 Å². The Hall–Kier alpha value is -2.17. The fourth-order valence-corrected chi connectivity index (χ4v) is 2.22. The van der Waals surface area contributed by atoms with Crippen LogP contribution in [0, 0.1) is 0 Å². The number of carbonyl (C=O) groups is 1. The maximum absolute atomic E-state index is 12.0. The van der Waals surface area contributed by atoms with Gasteiger partial charge in [0.05, 0.1) is 12.2 Å². The minimum Gasteiger partial charge on any atom is -0.334 e. The van der Waals surface area contributed by atoms with Crippen molar-refractivity contribution in [2.24, 2.45) is 0 Å². The molecule has 1 aliphatic heterocycles. The van der Waals surface area contributed by atoms with Crippen molar-refractivity contribution in [3.8, 4) is 11.4 Å². The first-order valence-corrected chi connectivity index (χ1v) is 5.99. The van der Waals surface area contributed by atoms with E-state index in [-0.39, 0.29) is 11.8 Å². The lowest BCUT2D eigenvalue weighted by Crippen LogP contribution is -2.25. The van der Waals surface area contributed by atoms with E-state index in [9.17, 15) is 4.79 Å². The summed E-state index contributed by atoms with van der Waals surface area (Å²) >= 11 is 0. The third-order valence-electron chi connectivity index (χ3n) is 3.11. The van der Waals surface area contributed by atoms with Gasteiger partial charge in [-0.2, -0.15) is 0 Å². The van der Waals surface area contributed by atoms with Crippen LogP contribution in [0.5, 0.6) is 0 Å². The summed E-state index contributed by atoms with van der Waals surface area (Å²) in [5, 5.41) is 11.3. The summed E-state index contributed by atoms with van der Waals surface area (Å²) in [5.41, 5.74) is 1.49. The molecule has 0 fully saturated rings. The first-order chi connectivity index (χ1) is 8.68. The average molecular weight is 242 g/mol. The molecule has 1 aromatic heterocycles. The lowest BCUT2D eigenvalue weighted by molar-refractivity contribution is 0.0945. The van der Waals surface area contributed by atoms with Gasteiger partial charge in [0, 0.05) is 11.5 Å². The average Bonchev–Trinajstić information content (AvgIpc) is 2.74. The van der Waals surface area contributed by atoms with Crippen LogP contribution in [0.4, 0.5) is 0 Å². The van der Waals surface area contributed by atoms with Crippen molar-refractivity contribution in [3.05, 3.63) is 35.7 Å². The number of benzene rings is 1. The maximum Gasteiger partial charge on any atom is 0.253 e. The second-order valence-electron chi connectivity index (χ2n) is 4.67. The number of amides is 1. The van der Waals surface area contributed by atoms with Crippen LogP contribution < -0.4 is 5.32 Å². The fraction of sp³-hybridized carbons (Fsp3) is 0.308. The summed E-state index contributed by atoms with van der Waals surface area (Å²) in [6, 6.07) is 7.48. The number of carbonyl (C=O) groups excluding carboxylic acids is 1. The summed E-state index contributed by atoms with van der Waals surface area (Å²) in [4.78, 5) is 12.0. The van der Waals surface area contributed by atoms with Crippen LogP contribution in [0.1, 0.15) is 35.9 Å². The molecule has 1 amide bonds. The van der Waals surface area contributed by atoms with Crippen molar-refractivity contribution in [2.45, 2.75) is 26.4 Å². The number of nitrogens with zero attached hydrogens (tertiary/aromatic N) is 3. The van der Waals surface area contributed by atoms with Crippen LogP contribution in [0.2, 0.25) is 0 Å². The van der Waals surface area contributed by atoms with E-state index in [0.29, 0.717) is 12.2 Å². The first kappa shape index (κ1) is 11.0. The van der Waals surface area contributed by atoms with Crippen LogP contribution in [0.3, 0.4) is 0 Å². The molecule has 5 nitrogen and oxygen atoms in total. The van der Waals surface area contributed by atoms with Gasteiger partial charge in [0.1, 0.15) is 5.82 Å². The molecular weight excluding hydrogens is 228 g/mol. The second-order valence-corrected chi connectivity index (χ2v) is 4.67. The Labute approximate surface area is 105 Å². The summed E-state index contributed by atoms with van der Waals surface area (Å²) in [5.74, 6) is 1.86. The third-order valence-corrected chi connectivity index (χ3v) is 3.11. The Kier molecular flexibility index (Phi) is 2.40. The molecule has 0 saturated heterocycles. The molecule has 1 N–H and O–H groups in total. The van der Waals surface area contributed by atoms with E-state index in [1.807, 2.05) is 28.8 Å². The Morgan fingerprint density at radius 3 is 2.67 bits per heavy atom. The molecule has 0 unspecified atom stereocenters. The molecule has 0 radical (unpaired) electrons. The van der Waals surface area contributed by atoms with Crippen LogP contribution in [0.25, 0.3) is 11.4 Å². The van der Waals surface area contributed by atoms with Crippen molar-refractivity contribution in [1.29, 1.82) is 0 Å². The van der Waals surface area contributed by atoms with E-state index in [1.54, 1.807) is 0 Å². The van der Waals surface area contributed by atoms with Crippen molar-refractivity contribution in [2.75, 3.05) is 0 Å². The Balaban J connectivity index is 2.25. The number of rotatable bonds is 1. The van der Waals surface area contributed by atoms with Gasteiger partial charge in [-0.3, -0.25) is 9.36 Å². The predicted molar refractivity (Wildman–Crippen MR) is 67.0 cm³/mol. The van der Waals surface area contributed by atoms with Gasteiger partial charge in [0.2, 0.25) is 0 Å². The van der Waals surface area contributed by atoms with Crippen molar-refractivity contribution in [1.82, 2.24) is 20.1 Å². The normalized spacial score (nSPS) is 13.8. The number of hydrogen-bond donors (Lipinski definition) is 1. The zero-order valence-electron chi connectivity index (χ0n) is 10.3. The molecule has 92 valence electrons. The lowest BCUT2D eigenvalue weighted by Gasteiger charge is -2.09. The molecule has 1 aliphatic rings. The molecule has 18 heavy (non-hydrogen) atoms. The molecule has 5 heteroatoms. The van der Waals surface area contributed by atoms with E-state index in [0.717, 1.165) is 17.2 Å². The maximum atomic E-state index is 12.0. The smallest absolute Gasteiger partial charge is 0.253 e. The van der Waals surface area contributed by atoms with Crippen LogP contribution >= 0.6 is 0 Å². The van der Waals surface area contributed by atoms with Gasteiger partial charge in [0.25, 0.3) is 5.91 Å². The van der Waals surface area contributed by atoms with Crippen molar-refractivity contribution < 1.29 is 4.79 Å². The number of aromatic nitrogens is 3. The quantitative estimate of drug-likeness (QED) is 0.829. The highest BCUT2D eigenvalue weighted by Gasteiger charge is 2.23. The third kappa shape index (κ3) is 1.51. The lowest BCUT2D eigenvalue weighted by atomic mass is 10.1. The molecule has 1 aromatic carbocycles. The van der Waals surface area contributed by atoms with E-state index < -0.39 is 0 Å². The molecule has 0 atom stereocenters. The van der Waals surface area contributed by atoms with E-state index in [2.05, 4.69) is 29.4 Å². The minimum atomic E-state index is -0.0641. The van der Waals surface area contributed by atoms with E-state index in [4.69, 9.17) is 0 Å². The monoisotopic (exact) mass is 242 g/mol. The van der Waals surface area contributed by atoms with Gasteiger partial charge >= 0.3 is 0 Å². The van der Waals surface area contributed by atoms with Gasteiger partial charge in [-0.05, 0) is 6.07 Å². The molecule has 0 saturated carbocycles. The number of hydrogen-bond acceptors (Lipinski definition) is 3. The van der Waals surface area contributed by atoms with Gasteiger partial charge < -0.3 is 5.32 Å². The summed E-state index contributed by atoms with van der Waals surface area (Å²) < 4.78 is 1.97. The highest BCUT2D eigenvalue weighted by molar-refractivity contribution is 6.00. The summed E-state index contributed by atoms with van der Waals surface area (Å²) in [7, 11) is 0. The molecule has 0 bridgehead atoms. The van der Waals surface area contributed by atoms with Gasteiger partial charge in [-0.15, -0.1) is 10.2 Å². The Morgan fingerprint density at radius 2 is 1.94 bits per heavy atom. The fourth-order valence-electron chi connectivity index (χ4n) is 2.22. The predicted octanol–water partition coefficient (Wildman–Crippen LogP) is 1.77. The van der Waals surface area contributed by atoms with Crippen LogP contribution in [0.15, 0.2) is 24.3 Å². The zero-order chi connectivity index (χ0) is 12.7. The number of nitrogens with one attached hydrogen (secondary N) is 1. The summed E-state index contributed by atoms with van der Waals surface area (Å²) in [6.07, 6.45) is 0. The second kappa shape index (κ2) is 3.94.